The van der Waals surface area contributed by atoms with Gasteiger partial charge in [-0.1, -0.05) is 17.7 Å². The molecule has 1 aliphatic rings. The third-order valence-corrected chi connectivity index (χ3v) is 6.83. The molecule has 1 aliphatic heterocycles. The highest BCUT2D eigenvalue weighted by atomic mass is 35.5. The van der Waals surface area contributed by atoms with E-state index >= 15 is 4.39 Å². The Labute approximate surface area is 227 Å². The van der Waals surface area contributed by atoms with Gasteiger partial charge in [0.05, 0.1) is 23.3 Å². The molecule has 1 heterocycles. The summed E-state index contributed by atoms with van der Waals surface area (Å²) >= 11 is 6.34. The van der Waals surface area contributed by atoms with E-state index in [-0.39, 0.29) is 47.6 Å². The molecule has 3 N–H and O–H groups in total. The molecule has 39 heavy (non-hydrogen) atoms. The zero-order valence-corrected chi connectivity index (χ0v) is 21.8. The van der Waals surface area contributed by atoms with E-state index in [1.807, 2.05) is 0 Å². The molecule has 4 rings (SSSR count). The Bertz CT molecular complexity index is 1390. The van der Waals surface area contributed by atoms with Crippen molar-refractivity contribution in [2.45, 2.75) is 26.1 Å². The number of benzene rings is 3. The molecule has 0 spiro atoms. The minimum Gasteiger partial charge on any atom is -0.492 e. The second-order valence-electron chi connectivity index (χ2n) is 8.96. The summed E-state index contributed by atoms with van der Waals surface area (Å²) in [6, 6.07) is 7.38. The first-order valence-electron chi connectivity index (χ1n) is 11.9. The fraction of sp³-hybridized carbons (Fsp3) is 0.259. The van der Waals surface area contributed by atoms with Crippen molar-refractivity contribution in [1.82, 2.24) is 10.2 Å². The second-order valence-corrected chi connectivity index (χ2v) is 9.37. The minimum absolute atomic E-state index is 0.0369. The highest BCUT2D eigenvalue weighted by Crippen LogP contribution is 2.38. The maximum absolute atomic E-state index is 15.0. The molecule has 0 bridgehead atoms. The fourth-order valence-corrected chi connectivity index (χ4v) is 4.51. The number of carbonyl (C=O) groups excluding carboxylic acids is 2. The van der Waals surface area contributed by atoms with Gasteiger partial charge in [-0.15, -0.1) is 0 Å². The van der Waals surface area contributed by atoms with Crippen molar-refractivity contribution in [1.29, 1.82) is 0 Å². The molecule has 0 fully saturated rings. The molecule has 0 radical (unpaired) electrons. The van der Waals surface area contributed by atoms with Crippen LogP contribution in [0.5, 0.6) is 5.75 Å². The number of nitrogens with one attached hydrogen (secondary N) is 1. The van der Waals surface area contributed by atoms with Crippen LogP contribution in [-0.4, -0.2) is 37.0 Å². The number of amides is 3. The van der Waals surface area contributed by atoms with Gasteiger partial charge in [0.15, 0.2) is 0 Å². The van der Waals surface area contributed by atoms with E-state index in [4.69, 9.17) is 22.1 Å². The SMILES string of the molecule is CC1c2ccc(C(=O)NCc3c(F)cc(F)cc3F)cc2N(Cc2c(F)cc(OCCN)cc2Cl)C(=O)N1C. The molecule has 3 aromatic carbocycles. The lowest BCUT2D eigenvalue weighted by atomic mass is 9.98. The minimum atomic E-state index is -1.13. The predicted molar refractivity (Wildman–Crippen MR) is 138 cm³/mol. The maximum atomic E-state index is 15.0. The zero-order chi connectivity index (χ0) is 28.4. The average molecular weight is 565 g/mol. The molecule has 3 aromatic rings. The molecular weight excluding hydrogens is 540 g/mol. The smallest absolute Gasteiger partial charge is 0.325 e. The van der Waals surface area contributed by atoms with Crippen LogP contribution in [0.4, 0.5) is 28.0 Å². The Balaban J connectivity index is 1.63. The molecule has 1 unspecified atom stereocenters. The summed E-state index contributed by atoms with van der Waals surface area (Å²) in [4.78, 5) is 28.9. The summed E-state index contributed by atoms with van der Waals surface area (Å²) in [7, 11) is 1.59. The largest absolute Gasteiger partial charge is 0.492 e. The summed E-state index contributed by atoms with van der Waals surface area (Å²) in [5, 5.41) is 2.44. The highest BCUT2D eigenvalue weighted by Gasteiger charge is 2.34. The number of hydrogen-bond donors (Lipinski definition) is 2. The second kappa shape index (κ2) is 11.5. The van der Waals surface area contributed by atoms with Gasteiger partial charge >= 0.3 is 6.03 Å². The van der Waals surface area contributed by atoms with E-state index in [0.717, 1.165) is 6.07 Å². The van der Waals surface area contributed by atoms with Crippen LogP contribution < -0.4 is 20.7 Å². The molecule has 0 saturated heterocycles. The van der Waals surface area contributed by atoms with E-state index in [1.165, 1.54) is 28.0 Å². The molecule has 7 nitrogen and oxygen atoms in total. The van der Waals surface area contributed by atoms with Crippen molar-refractivity contribution >= 4 is 29.2 Å². The van der Waals surface area contributed by atoms with Crippen molar-refractivity contribution < 1.29 is 31.9 Å². The number of hydrogen-bond acceptors (Lipinski definition) is 4. The number of nitrogens with two attached hydrogens (primary N) is 1. The van der Waals surface area contributed by atoms with Gasteiger partial charge < -0.3 is 20.7 Å². The van der Waals surface area contributed by atoms with Crippen LogP contribution in [0.25, 0.3) is 0 Å². The fourth-order valence-electron chi connectivity index (χ4n) is 4.25. The van der Waals surface area contributed by atoms with Gasteiger partial charge in [0.1, 0.15) is 35.6 Å². The van der Waals surface area contributed by atoms with Crippen molar-refractivity contribution in [2.24, 2.45) is 5.73 Å². The summed E-state index contributed by atoms with van der Waals surface area (Å²) < 4.78 is 61.5. The van der Waals surface area contributed by atoms with Gasteiger partial charge in [0.25, 0.3) is 5.91 Å². The number of halogens is 5. The molecule has 1 atom stereocenters. The van der Waals surface area contributed by atoms with E-state index in [2.05, 4.69) is 5.32 Å². The van der Waals surface area contributed by atoms with Crippen molar-refractivity contribution in [3.8, 4) is 5.75 Å². The summed E-state index contributed by atoms with van der Waals surface area (Å²) in [6.45, 7) is 1.41. The topological polar surface area (TPSA) is 87.9 Å². The van der Waals surface area contributed by atoms with Crippen LogP contribution in [0.3, 0.4) is 0 Å². The van der Waals surface area contributed by atoms with Gasteiger partial charge in [-0.05, 0) is 30.7 Å². The number of fused-ring (bicyclic) bond motifs is 1. The van der Waals surface area contributed by atoms with Crippen LogP contribution >= 0.6 is 11.6 Å². The molecular formula is C27H25ClF4N4O3. The van der Waals surface area contributed by atoms with E-state index in [9.17, 15) is 22.8 Å². The Morgan fingerprint density at radius 1 is 1.05 bits per heavy atom. The normalized spacial score (nSPS) is 14.9. The first-order valence-corrected chi connectivity index (χ1v) is 12.3. The van der Waals surface area contributed by atoms with Gasteiger partial charge in [-0.2, -0.15) is 0 Å². The maximum Gasteiger partial charge on any atom is 0.325 e. The van der Waals surface area contributed by atoms with E-state index in [0.29, 0.717) is 23.4 Å². The zero-order valence-electron chi connectivity index (χ0n) is 21.0. The number of rotatable bonds is 8. The Kier molecular flexibility index (Phi) is 8.31. The van der Waals surface area contributed by atoms with Gasteiger partial charge in [-0.3, -0.25) is 9.69 Å². The van der Waals surface area contributed by atoms with E-state index in [1.54, 1.807) is 20.0 Å². The number of anilines is 1. The van der Waals surface area contributed by atoms with Crippen LogP contribution in [0.2, 0.25) is 5.02 Å². The van der Waals surface area contributed by atoms with Crippen LogP contribution in [-0.2, 0) is 13.1 Å². The van der Waals surface area contributed by atoms with Crippen LogP contribution in [0, 0.1) is 23.3 Å². The predicted octanol–water partition coefficient (Wildman–Crippen LogP) is 5.30. The lowest BCUT2D eigenvalue weighted by Crippen LogP contribution is -2.46. The van der Waals surface area contributed by atoms with Crippen LogP contribution in [0.15, 0.2) is 42.5 Å². The third kappa shape index (κ3) is 5.79. The van der Waals surface area contributed by atoms with Crippen molar-refractivity contribution in [2.75, 3.05) is 25.1 Å². The van der Waals surface area contributed by atoms with Gasteiger partial charge in [-0.25, -0.2) is 22.4 Å². The van der Waals surface area contributed by atoms with Crippen LogP contribution in [0.1, 0.15) is 40.0 Å². The number of ether oxygens (including phenoxy) is 1. The number of nitrogens with zero attached hydrogens (tertiary/aromatic N) is 2. The summed E-state index contributed by atoms with van der Waals surface area (Å²) in [5.74, 6) is -4.54. The van der Waals surface area contributed by atoms with E-state index < -0.39 is 47.3 Å². The standard InChI is InChI=1S/C27H25ClF4N4O3/c1-14-18-4-3-15(26(37)34-12-19-22(30)8-16(29)9-23(19)31)7-25(18)36(27(38)35(14)2)13-20-21(28)10-17(11-24(20)32)39-6-5-33/h3-4,7-11,14H,5-6,12-13,33H2,1-2H3,(H,34,37). The van der Waals surface area contributed by atoms with Gasteiger partial charge in [0.2, 0.25) is 0 Å². The summed E-state index contributed by atoms with van der Waals surface area (Å²) in [6.07, 6.45) is 0. The average Bonchev–Trinajstić information content (AvgIpc) is 2.88. The highest BCUT2D eigenvalue weighted by molar-refractivity contribution is 6.31. The number of carbonyl (C=O) groups is 2. The van der Waals surface area contributed by atoms with Gasteiger partial charge in [0, 0.05) is 55.0 Å². The first-order chi connectivity index (χ1) is 18.5. The number of urea groups is 1. The van der Waals surface area contributed by atoms with Crippen molar-refractivity contribution in [3.63, 3.8) is 0 Å². The monoisotopic (exact) mass is 564 g/mol. The molecule has 206 valence electrons. The molecule has 3 amide bonds. The van der Waals surface area contributed by atoms with Crippen molar-refractivity contribution in [3.05, 3.63) is 93.0 Å². The molecule has 0 saturated carbocycles. The third-order valence-electron chi connectivity index (χ3n) is 6.50. The lowest BCUT2D eigenvalue weighted by molar-refractivity contribution is 0.0950. The lowest BCUT2D eigenvalue weighted by Gasteiger charge is -2.40. The first kappa shape index (κ1) is 28.2. The quantitative estimate of drug-likeness (QED) is 0.364. The Morgan fingerprint density at radius 2 is 1.72 bits per heavy atom. The Morgan fingerprint density at radius 3 is 2.36 bits per heavy atom. The molecule has 12 heteroatoms. The molecule has 0 aromatic heterocycles. The summed E-state index contributed by atoms with van der Waals surface area (Å²) in [5.41, 5.74) is 6.07. The Hall–Kier alpha value is -3.83. The molecule has 0 aliphatic carbocycles.